The van der Waals surface area contributed by atoms with E-state index in [4.69, 9.17) is 16.3 Å². The molecule has 1 amide bonds. The number of hydrogen-bond donors (Lipinski definition) is 1. The minimum atomic E-state index is -0.0213. The topological polar surface area (TPSA) is 54.5 Å². The summed E-state index contributed by atoms with van der Waals surface area (Å²) < 4.78 is 6.12. The lowest BCUT2D eigenvalue weighted by molar-refractivity contribution is 0.0797. The lowest BCUT2D eigenvalue weighted by Gasteiger charge is -2.13. The van der Waals surface area contributed by atoms with Crippen LogP contribution in [0, 0.1) is 0 Å². The first-order valence-electron chi connectivity index (χ1n) is 6.50. The maximum Gasteiger partial charge on any atom is 0.257 e. The lowest BCUT2D eigenvalue weighted by Crippen LogP contribution is -2.27. The molecule has 1 aliphatic rings. The third-order valence-electron chi connectivity index (χ3n) is 3.23. The summed E-state index contributed by atoms with van der Waals surface area (Å²) in [7, 11) is 1.78. The second kappa shape index (κ2) is 5.91. The summed E-state index contributed by atoms with van der Waals surface area (Å²) in [5.41, 5.74) is 1.45. The van der Waals surface area contributed by atoms with Crippen molar-refractivity contribution in [3.05, 3.63) is 39.3 Å². The molecule has 2 aromatic rings. The van der Waals surface area contributed by atoms with Crippen molar-refractivity contribution in [1.82, 2.24) is 9.88 Å². The van der Waals surface area contributed by atoms with Crippen molar-refractivity contribution in [2.45, 2.75) is 6.54 Å². The molecule has 0 atom stereocenters. The summed E-state index contributed by atoms with van der Waals surface area (Å²) in [5.74, 6) is 0.614. The van der Waals surface area contributed by atoms with E-state index in [2.05, 4.69) is 10.3 Å². The van der Waals surface area contributed by atoms with Gasteiger partial charge in [0.15, 0.2) is 4.47 Å². The van der Waals surface area contributed by atoms with E-state index >= 15 is 0 Å². The van der Waals surface area contributed by atoms with Gasteiger partial charge in [-0.25, -0.2) is 4.98 Å². The number of amides is 1. The van der Waals surface area contributed by atoms with Gasteiger partial charge < -0.3 is 15.0 Å². The van der Waals surface area contributed by atoms with E-state index in [1.807, 2.05) is 18.2 Å². The zero-order chi connectivity index (χ0) is 14.8. The van der Waals surface area contributed by atoms with Gasteiger partial charge in [-0.1, -0.05) is 11.6 Å². The van der Waals surface area contributed by atoms with Gasteiger partial charge in [-0.3, -0.25) is 4.79 Å². The van der Waals surface area contributed by atoms with E-state index in [9.17, 15) is 4.79 Å². The highest BCUT2D eigenvalue weighted by molar-refractivity contribution is 7.15. The van der Waals surface area contributed by atoms with Crippen LogP contribution >= 0.6 is 22.9 Å². The van der Waals surface area contributed by atoms with Crippen LogP contribution < -0.4 is 10.1 Å². The van der Waals surface area contributed by atoms with Gasteiger partial charge in [0.05, 0.1) is 18.7 Å². The van der Waals surface area contributed by atoms with Crippen LogP contribution in [0.25, 0.3) is 0 Å². The average molecular weight is 324 g/mol. The maximum absolute atomic E-state index is 12.3. The van der Waals surface area contributed by atoms with Crippen LogP contribution in [-0.4, -0.2) is 36.0 Å². The minimum Gasteiger partial charge on any atom is -0.491 e. The minimum absolute atomic E-state index is 0.0213. The fourth-order valence-electron chi connectivity index (χ4n) is 2.09. The van der Waals surface area contributed by atoms with Crippen LogP contribution in [0.3, 0.4) is 0 Å². The van der Waals surface area contributed by atoms with Crippen molar-refractivity contribution in [1.29, 1.82) is 0 Å². The van der Waals surface area contributed by atoms with Gasteiger partial charge in [0, 0.05) is 23.8 Å². The fraction of sp³-hybridized carbons (Fsp3) is 0.286. The van der Waals surface area contributed by atoms with Gasteiger partial charge in [-0.05, 0) is 18.2 Å². The standard InChI is InChI=1S/C14H14ClN3O2S/c1-18-4-5-20-12-3-2-9(6-11(12)13(18)19)16-7-10-8-17-14(15)21-10/h2-3,6,8,16H,4-5,7H2,1H3. The van der Waals surface area contributed by atoms with Crippen molar-refractivity contribution in [3.63, 3.8) is 0 Å². The summed E-state index contributed by atoms with van der Waals surface area (Å²) in [6, 6.07) is 5.55. The summed E-state index contributed by atoms with van der Waals surface area (Å²) in [6.45, 7) is 1.73. The molecule has 0 fully saturated rings. The van der Waals surface area contributed by atoms with E-state index < -0.39 is 0 Å². The molecule has 110 valence electrons. The fourth-order valence-corrected chi connectivity index (χ4v) is 3.00. The Hall–Kier alpha value is -1.79. The molecule has 0 bridgehead atoms. The van der Waals surface area contributed by atoms with Crippen molar-refractivity contribution in [3.8, 4) is 5.75 Å². The Balaban J connectivity index is 1.78. The first-order chi connectivity index (χ1) is 10.1. The SMILES string of the molecule is CN1CCOc2ccc(NCc3cnc(Cl)s3)cc2C1=O. The Bertz CT molecular complexity index is 674. The van der Waals surface area contributed by atoms with Crippen molar-refractivity contribution in [2.24, 2.45) is 0 Å². The number of carbonyl (C=O) groups is 1. The number of fused-ring (bicyclic) bond motifs is 1. The first kappa shape index (κ1) is 14.2. The van der Waals surface area contributed by atoms with Crippen LogP contribution in [0.1, 0.15) is 15.2 Å². The number of hydrogen-bond acceptors (Lipinski definition) is 5. The smallest absolute Gasteiger partial charge is 0.257 e. The molecule has 1 N–H and O–H groups in total. The third-order valence-corrected chi connectivity index (χ3v) is 4.35. The first-order valence-corrected chi connectivity index (χ1v) is 7.69. The number of anilines is 1. The molecule has 0 spiro atoms. The highest BCUT2D eigenvalue weighted by Crippen LogP contribution is 2.27. The molecule has 1 aromatic heterocycles. The van der Waals surface area contributed by atoms with E-state index in [-0.39, 0.29) is 5.91 Å². The van der Waals surface area contributed by atoms with E-state index in [0.29, 0.717) is 35.5 Å². The number of thiazole rings is 1. The average Bonchev–Trinajstić information content (AvgIpc) is 2.84. The van der Waals surface area contributed by atoms with Crippen LogP contribution in [0.2, 0.25) is 4.47 Å². The number of benzene rings is 1. The number of aromatic nitrogens is 1. The molecule has 0 saturated carbocycles. The molecule has 7 heteroatoms. The van der Waals surface area contributed by atoms with Gasteiger partial charge in [0.2, 0.25) is 0 Å². The highest BCUT2D eigenvalue weighted by atomic mass is 35.5. The molecular formula is C14H14ClN3O2S. The number of rotatable bonds is 3. The van der Waals surface area contributed by atoms with Gasteiger partial charge in [-0.15, -0.1) is 11.3 Å². The second-order valence-corrected chi connectivity index (χ2v) is 6.42. The molecule has 0 unspecified atom stereocenters. The number of ether oxygens (including phenoxy) is 1. The van der Waals surface area contributed by atoms with E-state index in [1.54, 1.807) is 18.1 Å². The maximum atomic E-state index is 12.3. The quantitative estimate of drug-likeness (QED) is 0.943. The highest BCUT2D eigenvalue weighted by Gasteiger charge is 2.21. The predicted molar refractivity (Wildman–Crippen MR) is 83.3 cm³/mol. The molecule has 2 heterocycles. The van der Waals surface area contributed by atoms with E-state index in [0.717, 1.165) is 10.6 Å². The van der Waals surface area contributed by atoms with Crippen molar-refractivity contribution in [2.75, 3.05) is 25.5 Å². The number of nitrogens with one attached hydrogen (secondary N) is 1. The largest absolute Gasteiger partial charge is 0.491 e. The molecule has 3 rings (SSSR count). The Labute approximate surface area is 131 Å². The van der Waals surface area contributed by atoms with Crippen molar-refractivity contribution < 1.29 is 9.53 Å². The zero-order valence-electron chi connectivity index (χ0n) is 11.4. The number of carbonyl (C=O) groups excluding carboxylic acids is 1. The molecule has 0 radical (unpaired) electrons. The number of nitrogens with zero attached hydrogens (tertiary/aromatic N) is 2. The van der Waals surface area contributed by atoms with Gasteiger partial charge in [-0.2, -0.15) is 0 Å². The molecular weight excluding hydrogens is 310 g/mol. The summed E-state index contributed by atoms with van der Waals surface area (Å²) in [4.78, 5) is 19.0. The molecule has 1 aromatic carbocycles. The lowest BCUT2D eigenvalue weighted by atomic mass is 10.1. The Morgan fingerprint density at radius 2 is 2.38 bits per heavy atom. The molecule has 21 heavy (non-hydrogen) atoms. The zero-order valence-corrected chi connectivity index (χ0v) is 13.0. The summed E-state index contributed by atoms with van der Waals surface area (Å²) in [5, 5.41) is 3.27. The molecule has 1 aliphatic heterocycles. The normalized spacial score (nSPS) is 14.4. The Morgan fingerprint density at radius 3 is 3.14 bits per heavy atom. The van der Waals surface area contributed by atoms with E-state index in [1.165, 1.54) is 11.3 Å². The second-order valence-electron chi connectivity index (χ2n) is 4.72. The van der Waals surface area contributed by atoms with Crippen molar-refractivity contribution >= 4 is 34.5 Å². The Kier molecular flexibility index (Phi) is 3.98. The van der Waals surface area contributed by atoms with Crippen LogP contribution in [0.15, 0.2) is 24.4 Å². The third kappa shape index (κ3) is 3.11. The van der Waals surface area contributed by atoms with Crippen LogP contribution in [0.5, 0.6) is 5.75 Å². The monoisotopic (exact) mass is 323 g/mol. The molecule has 0 saturated heterocycles. The van der Waals surface area contributed by atoms with Crippen LogP contribution in [-0.2, 0) is 6.54 Å². The summed E-state index contributed by atoms with van der Waals surface area (Å²) >= 11 is 7.24. The molecule has 0 aliphatic carbocycles. The number of halogens is 1. The van der Waals surface area contributed by atoms with Gasteiger partial charge in [0.1, 0.15) is 12.4 Å². The number of likely N-dealkylation sites (N-methyl/N-ethyl adjacent to an activating group) is 1. The Morgan fingerprint density at radius 1 is 1.52 bits per heavy atom. The predicted octanol–water partition coefficient (Wildman–Crippen LogP) is 2.87. The van der Waals surface area contributed by atoms with Gasteiger partial charge in [0.25, 0.3) is 5.91 Å². The molecule has 5 nitrogen and oxygen atoms in total. The van der Waals surface area contributed by atoms with Gasteiger partial charge >= 0.3 is 0 Å². The summed E-state index contributed by atoms with van der Waals surface area (Å²) in [6.07, 6.45) is 1.74. The van der Waals surface area contributed by atoms with Crippen LogP contribution in [0.4, 0.5) is 5.69 Å².